The molecule has 3 nitrogen and oxygen atoms in total. The van der Waals surface area contributed by atoms with Crippen molar-refractivity contribution in [1.29, 1.82) is 0 Å². The fourth-order valence-electron chi connectivity index (χ4n) is 2.21. The van der Waals surface area contributed by atoms with Gasteiger partial charge in [0.05, 0.1) is 0 Å². The lowest BCUT2D eigenvalue weighted by Gasteiger charge is -2.27. The lowest BCUT2D eigenvalue weighted by Crippen LogP contribution is -2.38. The van der Waals surface area contributed by atoms with E-state index in [-0.39, 0.29) is 0 Å². The zero-order chi connectivity index (χ0) is 11.3. The van der Waals surface area contributed by atoms with Crippen molar-refractivity contribution in [2.75, 3.05) is 13.6 Å². The van der Waals surface area contributed by atoms with Crippen LogP contribution in [0.4, 0.5) is 0 Å². The number of hydrogen-bond acceptors (Lipinski definition) is 1. The Balaban J connectivity index is 2.36. The third-order valence-electron chi connectivity index (χ3n) is 3.04. The van der Waals surface area contributed by atoms with Gasteiger partial charge in [0.2, 0.25) is 0 Å². The Morgan fingerprint density at radius 1 is 1.33 bits per heavy atom. The van der Waals surface area contributed by atoms with Crippen LogP contribution in [0.2, 0.25) is 0 Å². The van der Waals surface area contributed by atoms with E-state index in [4.69, 9.17) is 5.73 Å². The van der Waals surface area contributed by atoms with Gasteiger partial charge in [-0.05, 0) is 32.6 Å². The first-order valence-corrected chi connectivity index (χ1v) is 6.14. The summed E-state index contributed by atoms with van der Waals surface area (Å²) >= 11 is 0. The van der Waals surface area contributed by atoms with Crippen LogP contribution in [0.5, 0.6) is 0 Å². The molecule has 15 heavy (non-hydrogen) atoms. The molecule has 2 N–H and O–H groups in total. The van der Waals surface area contributed by atoms with Crippen molar-refractivity contribution in [3.05, 3.63) is 0 Å². The van der Waals surface area contributed by atoms with Crippen LogP contribution in [0.15, 0.2) is 4.99 Å². The lowest BCUT2D eigenvalue weighted by atomic mass is 9.89. The normalized spacial score (nSPS) is 19.6. The van der Waals surface area contributed by atoms with E-state index in [2.05, 4.69) is 30.8 Å². The summed E-state index contributed by atoms with van der Waals surface area (Å²) in [5, 5.41) is 0. The van der Waals surface area contributed by atoms with E-state index in [0.29, 0.717) is 12.0 Å². The number of nitrogens with two attached hydrogens (primary N) is 1. The van der Waals surface area contributed by atoms with E-state index in [1.165, 1.54) is 32.1 Å². The minimum Gasteiger partial charge on any atom is -0.370 e. The van der Waals surface area contributed by atoms with Crippen molar-refractivity contribution in [2.45, 2.75) is 52.0 Å². The van der Waals surface area contributed by atoms with Gasteiger partial charge in [-0.2, -0.15) is 0 Å². The molecule has 0 atom stereocenters. The van der Waals surface area contributed by atoms with E-state index < -0.39 is 0 Å². The van der Waals surface area contributed by atoms with Crippen molar-refractivity contribution >= 4 is 5.96 Å². The van der Waals surface area contributed by atoms with Gasteiger partial charge >= 0.3 is 0 Å². The third kappa shape index (κ3) is 4.54. The third-order valence-corrected chi connectivity index (χ3v) is 3.04. The summed E-state index contributed by atoms with van der Waals surface area (Å²) < 4.78 is 0. The first-order chi connectivity index (χ1) is 7.09. The van der Waals surface area contributed by atoms with Gasteiger partial charge in [-0.3, -0.25) is 4.99 Å². The maximum absolute atomic E-state index is 5.91. The van der Waals surface area contributed by atoms with Gasteiger partial charge < -0.3 is 10.6 Å². The molecule has 88 valence electrons. The Hall–Kier alpha value is -0.730. The summed E-state index contributed by atoms with van der Waals surface area (Å²) in [6.45, 7) is 5.19. The van der Waals surface area contributed by atoms with E-state index in [1.807, 2.05) is 0 Å². The number of guanidine groups is 1. The fourth-order valence-corrected chi connectivity index (χ4v) is 2.21. The Bertz CT molecular complexity index is 205. The largest absolute Gasteiger partial charge is 0.370 e. The average molecular weight is 211 g/mol. The Labute approximate surface area is 93.7 Å². The van der Waals surface area contributed by atoms with Gasteiger partial charge in [0, 0.05) is 19.6 Å². The molecule has 1 saturated carbocycles. The molecule has 0 aliphatic heterocycles. The molecular weight excluding hydrogens is 186 g/mol. The molecule has 0 aromatic heterocycles. The molecule has 0 aromatic rings. The second kappa shape index (κ2) is 5.99. The van der Waals surface area contributed by atoms with Crippen molar-refractivity contribution in [1.82, 2.24) is 4.90 Å². The van der Waals surface area contributed by atoms with Crippen LogP contribution in [0.3, 0.4) is 0 Å². The summed E-state index contributed by atoms with van der Waals surface area (Å²) in [5.74, 6) is 1.51. The van der Waals surface area contributed by atoms with Crippen LogP contribution in [0.1, 0.15) is 46.0 Å². The second-order valence-electron chi connectivity index (χ2n) is 4.97. The summed E-state index contributed by atoms with van der Waals surface area (Å²) in [5.41, 5.74) is 5.91. The van der Waals surface area contributed by atoms with Crippen LogP contribution in [0.25, 0.3) is 0 Å². The quantitative estimate of drug-likeness (QED) is 0.574. The summed E-state index contributed by atoms with van der Waals surface area (Å²) in [4.78, 5) is 6.47. The topological polar surface area (TPSA) is 41.6 Å². The molecule has 0 saturated heterocycles. The fraction of sp³-hybridized carbons (Fsp3) is 0.917. The molecule has 0 unspecified atom stereocenters. The van der Waals surface area contributed by atoms with Gasteiger partial charge in [-0.15, -0.1) is 0 Å². The van der Waals surface area contributed by atoms with Crippen LogP contribution in [0, 0.1) is 5.92 Å². The Morgan fingerprint density at radius 2 is 1.93 bits per heavy atom. The molecule has 1 aliphatic carbocycles. The standard InChI is InChI=1S/C12H25N3/c1-10(2)14-12(13)15(3)9-11-7-5-4-6-8-11/h10-11H,4-9H2,1-3H3,(H2,13,14). The predicted octanol–water partition coefficient (Wildman–Crippen LogP) is 2.22. The molecule has 1 rings (SSSR count). The first-order valence-electron chi connectivity index (χ1n) is 6.14. The molecule has 0 aromatic carbocycles. The van der Waals surface area contributed by atoms with Crippen molar-refractivity contribution in [2.24, 2.45) is 16.6 Å². The first kappa shape index (κ1) is 12.3. The summed E-state index contributed by atoms with van der Waals surface area (Å²) in [6.07, 6.45) is 6.91. The average Bonchev–Trinajstić information content (AvgIpc) is 2.18. The lowest BCUT2D eigenvalue weighted by molar-refractivity contribution is 0.294. The maximum atomic E-state index is 5.91. The Kier molecular flexibility index (Phi) is 4.92. The van der Waals surface area contributed by atoms with Crippen LogP contribution < -0.4 is 5.73 Å². The molecule has 0 heterocycles. The van der Waals surface area contributed by atoms with E-state index >= 15 is 0 Å². The van der Waals surface area contributed by atoms with Crippen molar-refractivity contribution in [3.8, 4) is 0 Å². The molecule has 0 spiro atoms. The highest BCUT2D eigenvalue weighted by Crippen LogP contribution is 2.23. The molecule has 0 amide bonds. The predicted molar refractivity (Wildman–Crippen MR) is 66.0 cm³/mol. The van der Waals surface area contributed by atoms with E-state index in [9.17, 15) is 0 Å². The summed E-state index contributed by atoms with van der Waals surface area (Å²) in [6, 6.07) is 0.291. The summed E-state index contributed by atoms with van der Waals surface area (Å²) in [7, 11) is 2.05. The monoisotopic (exact) mass is 211 g/mol. The molecular formula is C12H25N3. The molecule has 1 aliphatic rings. The second-order valence-corrected chi connectivity index (χ2v) is 4.97. The zero-order valence-corrected chi connectivity index (χ0v) is 10.4. The van der Waals surface area contributed by atoms with Gasteiger partial charge in [-0.1, -0.05) is 19.3 Å². The number of aliphatic imine (C=N–C) groups is 1. The van der Waals surface area contributed by atoms with Crippen molar-refractivity contribution < 1.29 is 0 Å². The smallest absolute Gasteiger partial charge is 0.191 e. The number of rotatable bonds is 3. The highest BCUT2D eigenvalue weighted by Gasteiger charge is 2.16. The van der Waals surface area contributed by atoms with Gasteiger partial charge in [-0.25, -0.2) is 0 Å². The van der Waals surface area contributed by atoms with Gasteiger partial charge in [0.25, 0.3) is 0 Å². The minimum absolute atomic E-state index is 0.291. The number of nitrogens with zero attached hydrogens (tertiary/aromatic N) is 2. The molecule has 0 bridgehead atoms. The molecule has 1 fully saturated rings. The zero-order valence-electron chi connectivity index (χ0n) is 10.4. The van der Waals surface area contributed by atoms with E-state index in [1.54, 1.807) is 0 Å². The minimum atomic E-state index is 0.291. The van der Waals surface area contributed by atoms with Gasteiger partial charge in [0.15, 0.2) is 5.96 Å². The SMILES string of the molecule is CC(C)N=C(N)N(C)CC1CCCCC1. The highest BCUT2D eigenvalue weighted by atomic mass is 15.2. The van der Waals surface area contributed by atoms with Crippen LogP contribution >= 0.6 is 0 Å². The number of hydrogen-bond donors (Lipinski definition) is 1. The highest BCUT2D eigenvalue weighted by molar-refractivity contribution is 5.77. The van der Waals surface area contributed by atoms with Crippen molar-refractivity contribution in [3.63, 3.8) is 0 Å². The molecule has 0 radical (unpaired) electrons. The van der Waals surface area contributed by atoms with E-state index in [0.717, 1.165) is 12.5 Å². The van der Waals surface area contributed by atoms with Gasteiger partial charge in [0.1, 0.15) is 0 Å². The maximum Gasteiger partial charge on any atom is 0.191 e. The molecule has 3 heteroatoms. The Morgan fingerprint density at radius 3 is 2.47 bits per heavy atom. The van der Waals surface area contributed by atoms with Crippen LogP contribution in [-0.4, -0.2) is 30.5 Å². The van der Waals surface area contributed by atoms with Crippen LogP contribution in [-0.2, 0) is 0 Å².